The first-order valence-corrected chi connectivity index (χ1v) is 12.9. The standard InChI is InChI=1S/C22H32N4O4S/c1-16(2)17-4-6-18(7-5-17)22-24-21(30-25-22)9-8-20(27)23-19-10-12-26(13-11-19)14-15-31(3,28)29/h4-7,16,19H,8-15H2,1-3H3,(H,23,27). The van der Waals surface area contributed by atoms with Gasteiger partial charge in [-0.3, -0.25) is 4.79 Å². The molecule has 1 aliphatic rings. The number of amides is 1. The predicted octanol–water partition coefficient (Wildman–Crippen LogP) is 2.42. The fraction of sp³-hybridized carbons (Fsp3) is 0.591. The number of rotatable bonds is 9. The number of hydrogen-bond acceptors (Lipinski definition) is 7. The molecule has 1 fully saturated rings. The quantitative estimate of drug-likeness (QED) is 0.628. The van der Waals surface area contributed by atoms with Crippen molar-refractivity contribution >= 4 is 15.7 Å². The lowest BCUT2D eigenvalue weighted by atomic mass is 10.0. The average molecular weight is 449 g/mol. The minimum absolute atomic E-state index is 0.0318. The van der Waals surface area contributed by atoms with Crippen LogP contribution in [0.2, 0.25) is 0 Å². The van der Waals surface area contributed by atoms with Gasteiger partial charge in [0.2, 0.25) is 17.6 Å². The molecule has 1 amide bonds. The summed E-state index contributed by atoms with van der Waals surface area (Å²) in [6, 6.07) is 8.23. The number of nitrogens with one attached hydrogen (secondary N) is 1. The largest absolute Gasteiger partial charge is 0.353 e. The smallest absolute Gasteiger partial charge is 0.227 e. The third-order valence-electron chi connectivity index (χ3n) is 5.60. The lowest BCUT2D eigenvalue weighted by Crippen LogP contribution is -2.45. The summed E-state index contributed by atoms with van der Waals surface area (Å²) in [6.45, 7) is 6.44. The van der Waals surface area contributed by atoms with E-state index in [4.69, 9.17) is 4.52 Å². The van der Waals surface area contributed by atoms with Crippen molar-refractivity contribution in [2.24, 2.45) is 0 Å². The molecule has 31 heavy (non-hydrogen) atoms. The summed E-state index contributed by atoms with van der Waals surface area (Å²) < 4.78 is 27.9. The van der Waals surface area contributed by atoms with Crippen LogP contribution in [0.4, 0.5) is 0 Å². The number of piperidine rings is 1. The minimum Gasteiger partial charge on any atom is -0.353 e. The van der Waals surface area contributed by atoms with Crippen LogP contribution in [0.15, 0.2) is 28.8 Å². The average Bonchev–Trinajstić information content (AvgIpc) is 3.20. The van der Waals surface area contributed by atoms with Crippen LogP contribution in [0.3, 0.4) is 0 Å². The van der Waals surface area contributed by atoms with Crippen molar-refractivity contribution in [3.05, 3.63) is 35.7 Å². The van der Waals surface area contributed by atoms with E-state index >= 15 is 0 Å². The summed E-state index contributed by atoms with van der Waals surface area (Å²) in [4.78, 5) is 18.9. The maximum Gasteiger partial charge on any atom is 0.227 e. The molecule has 0 radical (unpaired) electrons. The predicted molar refractivity (Wildman–Crippen MR) is 119 cm³/mol. The molecule has 0 unspecified atom stereocenters. The molecular weight excluding hydrogens is 416 g/mol. The SMILES string of the molecule is CC(C)c1ccc(-c2noc(CCC(=O)NC3CCN(CCS(C)(=O)=O)CC3)n2)cc1. The minimum atomic E-state index is -2.94. The second-order valence-corrected chi connectivity index (χ2v) is 10.9. The lowest BCUT2D eigenvalue weighted by Gasteiger charge is -2.32. The van der Waals surface area contributed by atoms with E-state index in [0.717, 1.165) is 31.5 Å². The number of carbonyl (C=O) groups excluding carboxylic acids is 1. The maximum atomic E-state index is 12.3. The zero-order chi connectivity index (χ0) is 22.4. The summed E-state index contributed by atoms with van der Waals surface area (Å²) in [5, 5.41) is 7.10. The molecule has 0 aliphatic carbocycles. The Morgan fingerprint density at radius 1 is 1.23 bits per heavy atom. The Bertz CT molecular complexity index is 962. The number of sulfone groups is 1. The number of carbonyl (C=O) groups is 1. The Morgan fingerprint density at radius 3 is 2.52 bits per heavy atom. The van der Waals surface area contributed by atoms with E-state index in [2.05, 4.69) is 46.3 Å². The molecule has 1 N–H and O–H groups in total. The number of nitrogens with zero attached hydrogens (tertiary/aromatic N) is 3. The van der Waals surface area contributed by atoms with Crippen molar-refractivity contribution in [2.75, 3.05) is 31.6 Å². The molecule has 2 aromatic rings. The zero-order valence-corrected chi connectivity index (χ0v) is 19.3. The highest BCUT2D eigenvalue weighted by Crippen LogP contribution is 2.21. The van der Waals surface area contributed by atoms with Gasteiger partial charge in [-0.1, -0.05) is 43.3 Å². The van der Waals surface area contributed by atoms with E-state index < -0.39 is 9.84 Å². The van der Waals surface area contributed by atoms with Gasteiger partial charge < -0.3 is 14.7 Å². The molecule has 9 heteroatoms. The molecule has 1 saturated heterocycles. The third-order valence-corrected chi connectivity index (χ3v) is 6.52. The summed E-state index contributed by atoms with van der Waals surface area (Å²) in [6.07, 6.45) is 3.60. The highest BCUT2D eigenvalue weighted by atomic mass is 32.2. The molecule has 0 atom stereocenters. The Morgan fingerprint density at radius 2 is 1.90 bits per heavy atom. The number of hydrogen-bond donors (Lipinski definition) is 1. The third kappa shape index (κ3) is 7.43. The first kappa shape index (κ1) is 23.4. The van der Waals surface area contributed by atoms with Crippen molar-refractivity contribution in [1.29, 1.82) is 0 Å². The Labute approximate surface area is 184 Å². The Balaban J connectivity index is 1.40. The van der Waals surface area contributed by atoms with Gasteiger partial charge in [-0.25, -0.2) is 8.42 Å². The molecule has 0 bridgehead atoms. The van der Waals surface area contributed by atoms with Crippen molar-refractivity contribution in [3.8, 4) is 11.4 Å². The van der Waals surface area contributed by atoms with Crippen molar-refractivity contribution < 1.29 is 17.7 Å². The lowest BCUT2D eigenvalue weighted by molar-refractivity contribution is -0.122. The summed E-state index contributed by atoms with van der Waals surface area (Å²) in [5.74, 6) is 1.60. The van der Waals surface area contributed by atoms with Gasteiger partial charge in [-0.15, -0.1) is 0 Å². The van der Waals surface area contributed by atoms with Gasteiger partial charge in [-0.2, -0.15) is 4.98 Å². The number of likely N-dealkylation sites (tertiary alicyclic amines) is 1. The van der Waals surface area contributed by atoms with E-state index in [1.807, 2.05) is 12.1 Å². The zero-order valence-electron chi connectivity index (χ0n) is 18.5. The van der Waals surface area contributed by atoms with Crippen molar-refractivity contribution in [1.82, 2.24) is 20.4 Å². The van der Waals surface area contributed by atoms with Gasteiger partial charge in [0, 0.05) is 50.3 Å². The van der Waals surface area contributed by atoms with Gasteiger partial charge >= 0.3 is 0 Å². The van der Waals surface area contributed by atoms with Crippen LogP contribution in [0, 0.1) is 0 Å². The second-order valence-electron chi connectivity index (χ2n) is 8.60. The molecule has 1 aromatic carbocycles. The summed E-state index contributed by atoms with van der Waals surface area (Å²) >= 11 is 0. The molecule has 0 spiro atoms. The fourth-order valence-corrected chi connectivity index (χ4v) is 4.20. The first-order valence-electron chi connectivity index (χ1n) is 10.8. The van der Waals surface area contributed by atoms with Gasteiger partial charge in [0.1, 0.15) is 9.84 Å². The molecule has 8 nitrogen and oxygen atoms in total. The van der Waals surface area contributed by atoms with Crippen LogP contribution in [-0.4, -0.2) is 67.1 Å². The van der Waals surface area contributed by atoms with Crippen molar-refractivity contribution in [2.45, 2.75) is 51.5 Å². The monoisotopic (exact) mass is 448 g/mol. The van der Waals surface area contributed by atoms with Crippen LogP contribution in [0.5, 0.6) is 0 Å². The normalized spacial score (nSPS) is 16.0. The molecular formula is C22H32N4O4S. The van der Waals surface area contributed by atoms with E-state index in [1.165, 1.54) is 11.8 Å². The molecule has 170 valence electrons. The topological polar surface area (TPSA) is 105 Å². The van der Waals surface area contributed by atoms with Crippen molar-refractivity contribution in [3.63, 3.8) is 0 Å². The number of benzene rings is 1. The highest BCUT2D eigenvalue weighted by molar-refractivity contribution is 7.90. The number of aryl methyl sites for hydroxylation is 1. The Kier molecular flexibility index (Phi) is 7.83. The van der Waals surface area contributed by atoms with Crippen LogP contribution in [0.1, 0.15) is 50.5 Å². The first-order chi connectivity index (χ1) is 14.7. The molecule has 3 rings (SSSR count). The molecule has 0 saturated carbocycles. The van der Waals surface area contributed by atoms with E-state index in [9.17, 15) is 13.2 Å². The van der Waals surface area contributed by atoms with E-state index in [1.54, 1.807) is 0 Å². The van der Waals surface area contributed by atoms with Gasteiger partial charge in [0.15, 0.2) is 0 Å². The molecule has 1 aliphatic heterocycles. The van der Waals surface area contributed by atoms with E-state index in [-0.39, 0.29) is 17.7 Å². The summed E-state index contributed by atoms with van der Waals surface area (Å²) in [7, 11) is -2.94. The molecule has 1 aromatic heterocycles. The van der Waals surface area contributed by atoms with Crippen LogP contribution in [-0.2, 0) is 21.1 Å². The van der Waals surface area contributed by atoms with Gasteiger partial charge in [-0.05, 0) is 24.3 Å². The van der Waals surface area contributed by atoms with Crippen LogP contribution < -0.4 is 5.32 Å². The maximum absolute atomic E-state index is 12.3. The fourth-order valence-electron chi connectivity index (χ4n) is 3.61. The van der Waals surface area contributed by atoms with E-state index in [0.29, 0.717) is 37.0 Å². The van der Waals surface area contributed by atoms with Gasteiger partial charge in [0.05, 0.1) is 5.75 Å². The van der Waals surface area contributed by atoms with Crippen LogP contribution in [0.25, 0.3) is 11.4 Å². The van der Waals surface area contributed by atoms with Crippen LogP contribution >= 0.6 is 0 Å². The Hall–Kier alpha value is -2.26. The second kappa shape index (κ2) is 10.4. The number of aromatic nitrogens is 2. The highest BCUT2D eigenvalue weighted by Gasteiger charge is 2.21. The van der Waals surface area contributed by atoms with Gasteiger partial charge in [0.25, 0.3) is 0 Å². The summed E-state index contributed by atoms with van der Waals surface area (Å²) in [5.41, 5.74) is 2.15. The molecule has 2 heterocycles.